The van der Waals surface area contributed by atoms with Gasteiger partial charge in [-0.1, -0.05) is 36.9 Å². The van der Waals surface area contributed by atoms with E-state index in [1.807, 2.05) is 30.3 Å². The lowest BCUT2D eigenvalue weighted by molar-refractivity contribution is 0.957. The van der Waals surface area contributed by atoms with Crippen molar-refractivity contribution in [1.29, 1.82) is 0 Å². The predicted molar refractivity (Wildman–Crippen MR) is 45.2 cm³/mol. The highest BCUT2D eigenvalue weighted by atomic mass is 15.1. The second-order valence-electron chi connectivity index (χ2n) is 2.08. The topological polar surface area (TPSA) is 24.7 Å². The third-order valence-electron chi connectivity index (χ3n) is 1.26. The molecule has 2 heteroatoms. The first-order valence-electron chi connectivity index (χ1n) is 3.45. The van der Waals surface area contributed by atoms with Gasteiger partial charge in [-0.05, 0) is 5.56 Å². The van der Waals surface area contributed by atoms with Gasteiger partial charge in [0, 0.05) is 6.20 Å². The molecule has 56 valence electrons. The molecule has 0 aromatic heterocycles. The van der Waals surface area contributed by atoms with Crippen molar-refractivity contribution in [3.63, 3.8) is 0 Å². The van der Waals surface area contributed by atoms with Crippen LogP contribution in [0.1, 0.15) is 5.56 Å². The van der Waals surface area contributed by atoms with E-state index in [0.717, 1.165) is 5.56 Å². The molecule has 0 amide bonds. The summed E-state index contributed by atoms with van der Waals surface area (Å²) in [5.74, 6) is 0. The fourth-order valence-electron chi connectivity index (χ4n) is 0.764. The number of hydrogen-bond donors (Lipinski definition) is 0. The Labute approximate surface area is 66.3 Å². The summed E-state index contributed by atoms with van der Waals surface area (Å²) in [6, 6.07) is 9.98. The molecule has 2 nitrogen and oxygen atoms in total. The van der Waals surface area contributed by atoms with Crippen molar-refractivity contribution < 1.29 is 0 Å². The van der Waals surface area contributed by atoms with E-state index in [1.54, 1.807) is 0 Å². The number of rotatable bonds is 3. The zero-order valence-electron chi connectivity index (χ0n) is 6.27. The summed E-state index contributed by atoms with van der Waals surface area (Å²) in [7, 11) is 0. The highest BCUT2D eigenvalue weighted by molar-refractivity contribution is 5.14. The quantitative estimate of drug-likeness (QED) is 0.586. The minimum absolute atomic E-state index is 0.632. The first kappa shape index (κ1) is 7.66. The Morgan fingerprint density at radius 3 is 2.64 bits per heavy atom. The van der Waals surface area contributed by atoms with Gasteiger partial charge in [-0.2, -0.15) is 10.2 Å². The molecular formula is C9H10N2. The Balaban J connectivity index is 2.51. The molecule has 0 aliphatic carbocycles. The molecule has 0 N–H and O–H groups in total. The number of hydrogen-bond acceptors (Lipinski definition) is 2. The SMILES string of the molecule is C=CN=NCc1ccccc1. The van der Waals surface area contributed by atoms with Crippen LogP contribution in [0.2, 0.25) is 0 Å². The van der Waals surface area contributed by atoms with Gasteiger partial charge in [-0.3, -0.25) is 0 Å². The van der Waals surface area contributed by atoms with Crippen LogP contribution >= 0.6 is 0 Å². The minimum Gasteiger partial charge on any atom is -0.184 e. The number of nitrogens with zero attached hydrogens (tertiary/aromatic N) is 2. The van der Waals surface area contributed by atoms with Crippen LogP contribution in [-0.2, 0) is 6.54 Å². The van der Waals surface area contributed by atoms with Crippen LogP contribution in [0.3, 0.4) is 0 Å². The van der Waals surface area contributed by atoms with E-state index in [1.165, 1.54) is 6.20 Å². The summed E-state index contributed by atoms with van der Waals surface area (Å²) < 4.78 is 0. The van der Waals surface area contributed by atoms with Gasteiger partial charge in [0.1, 0.15) is 0 Å². The molecule has 0 aliphatic heterocycles. The molecule has 0 radical (unpaired) electrons. The lowest BCUT2D eigenvalue weighted by Gasteiger charge is -1.91. The van der Waals surface area contributed by atoms with E-state index in [0.29, 0.717) is 6.54 Å². The molecule has 0 saturated carbocycles. The Morgan fingerprint density at radius 1 is 1.27 bits per heavy atom. The maximum Gasteiger partial charge on any atom is 0.0853 e. The van der Waals surface area contributed by atoms with Gasteiger partial charge >= 0.3 is 0 Å². The lowest BCUT2D eigenvalue weighted by Crippen LogP contribution is -1.76. The van der Waals surface area contributed by atoms with Gasteiger partial charge in [0.05, 0.1) is 6.54 Å². The summed E-state index contributed by atoms with van der Waals surface area (Å²) in [5, 5.41) is 7.52. The second kappa shape index (κ2) is 4.39. The summed E-state index contributed by atoms with van der Waals surface area (Å²) in [6.07, 6.45) is 1.43. The van der Waals surface area contributed by atoms with Crippen molar-refractivity contribution >= 4 is 0 Å². The normalized spacial score (nSPS) is 10.2. The van der Waals surface area contributed by atoms with E-state index in [4.69, 9.17) is 0 Å². The summed E-state index contributed by atoms with van der Waals surface area (Å²) in [5.41, 5.74) is 1.16. The molecule has 0 saturated heterocycles. The van der Waals surface area contributed by atoms with Gasteiger partial charge in [0.2, 0.25) is 0 Å². The molecule has 0 heterocycles. The molecule has 0 spiro atoms. The van der Waals surface area contributed by atoms with Gasteiger partial charge in [0.25, 0.3) is 0 Å². The average Bonchev–Trinajstić information content (AvgIpc) is 2.07. The van der Waals surface area contributed by atoms with Gasteiger partial charge in [-0.15, -0.1) is 0 Å². The lowest BCUT2D eigenvalue weighted by atomic mass is 10.2. The van der Waals surface area contributed by atoms with E-state index >= 15 is 0 Å². The standard InChI is InChI=1S/C9H10N2/c1-2-10-11-8-9-6-4-3-5-7-9/h2-7H,1,8H2. The molecule has 0 atom stereocenters. The van der Waals surface area contributed by atoms with E-state index in [-0.39, 0.29) is 0 Å². The molecular weight excluding hydrogens is 136 g/mol. The zero-order chi connectivity index (χ0) is 7.94. The van der Waals surface area contributed by atoms with Crippen LogP contribution < -0.4 is 0 Å². The number of benzene rings is 1. The highest BCUT2D eigenvalue weighted by Crippen LogP contribution is 1.99. The van der Waals surface area contributed by atoms with Crippen LogP contribution in [-0.4, -0.2) is 0 Å². The molecule has 0 fully saturated rings. The third kappa shape index (κ3) is 2.76. The van der Waals surface area contributed by atoms with Crippen LogP contribution in [0.4, 0.5) is 0 Å². The van der Waals surface area contributed by atoms with Crippen LogP contribution in [0.25, 0.3) is 0 Å². The molecule has 11 heavy (non-hydrogen) atoms. The predicted octanol–water partition coefficient (Wildman–Crippen LogP) is 2.78. The van der Waals surface area contributed by atoms with Crippen LogP contribution in [0.15, 0.2) is 53.3 Å². The molecule has 1 aromatic rings. The van der Waals surface area contributed by atoms with Gasteiger partial charge < -0.3 is 0 Å². The Kier molecular flexibility index (Phi) is 3.06. The second-order valence-corrected chi connectivity index (χ2v) is 2.08. The van der Waals surface area contributed by atoms with Gasteiger partial charge in [0.15, 0.2) is 0 Å². The highest BCUT2D eigenvalue weighted by Gasteiger charge is 1.84. The first-order chi connectivity index (χ1) is 5.43. The molecule has 0 bridgehead atoms. The molecule has 0 unspecified atom stereocenters. The van der Waals surface area contributed by atoms with Crippen LogP contribution in [0.5, 0.6) is 0 Å². The van der Waals surface area contributed by atoms with Crippen molar-refractivity contribution in [3.8, 4) is 0 Å². The Hall–Kier alpha value is -1.44. The summed E-state index contributed by atoms with van der Waals surface area (Å²) >= 11 is 0. The van der Waals surface area contributed by atoms with Crippen molar-refractivity contribution in [2.24, 2.45) is 10.2 Å². The monoisotopic (exact) mass is 146 g/mol. The van der Waals surface area contributed by atoms with Crippen molar-refractivity contribution in [2.75, 3.05) is 0 Å². The molecule has 1 aromatic carbocycles. The van der Waals surface area contributed by atoms with Crippen molar-refractivity contribution in [2.45, 2.75) is 6.54 Å². The molecule has 1 rings (SSSR count). The fourth-order valence-corrected chi connectivity index (χ4v) is 0.764. The smallest absolute Gasteiger partial charge is 0.0853 e. The number of azo groups is 1. The Morgan fingerprint density at radius 2 is 2.00 bits per heavy atom. The zero-order valence-corrected chi connectivity index (χ0v) is 6.27. The maximum absolute atomic E-state index is 3.87. The Bertz CT molecular complexity index is 239. The maximum atomic E-state index is 3.87. The third-order valence-corrected chi connectivity index (χ3v) is 1.26. The van der Waals surface area contributed by atoms with E-state index in [2.05, 4.69) is 16.8 Å². The largest absolute Gasteiger partial charge is 0.184 e. The minimum atomic E-state index is 0.632. The molecule has 0 aliphatic rings. The fraction of sp³-hybridized carbons (Fsp3) is 0.111. The summed E-state index contributed by atoms with van der Waals surface area (Å²) in [4.78, 5) is 0. The van der Waals surface area contributed by atoms with Gasteiger partial charge in [-0.25, -0.2) is 0 Å². The van der Waals surface area contributed by atoms with E-state index < -0.39 is 0 Å². The average molecular weight is 146 g/mol. The summed E-state index contributed by atoms with van der Waals surface area (Å²) in [6.45, 7) is 4.06. The van der Waals surface area contributed by atoms with Crippen molar-refractivity contribution in [3.05, 3.63) is 48.7 Å². The van der Waals surface area contributed by atoms with E-state index in [9.17, 15) is 0 Å². The van der Waals surface area contributed by atoms with Crippen LogP contribution in [0, 0.1) is 0 Å². The van der Waals surface area contributed by atoms with Crippen molar-refractivity contribution in [1.82, 2.24) is 0 Å². The first-order valence-corrected chi connectivity index (χ1v) is 3.45.